The van der Waals surface area contributed by atoms with E-state index in [9.17, 15) is 18.0 Å². The van der Waals surface area contributed by atoms with Gasteiger partial charge in [0.15, 0.2) is 5.82 Å². The zero-order valence-corrected chi connectivity index (χ0v) is 14.7. The van der Waals surface area contributed by atoms with E-state index in [1.807, 2.05) is 13.0 Å². The van der Waals surface area contributed by atoms with Gasteiger partial charge in [-0.05, 0) is 36.2 Å². The second kappa shape index (κ2) is 7.36. The molecular weight excluding hydrogens is 383 g/mol. The molecule has 0 radical (unpaired) electrons. The maximum absolute atomic E-state index is 12.6. The van der Waals surface area contributed by atoms with Gasteiger partial charge in [0.2, 0.25) is 0 Å². The van der Waals surface area contributed by atoms with Crippen LogP contribution in [0, 0.1) is 6.92 Å². The number of rotatable bonds is 4. The molecule has 3 aromatic heterocycles. The first-order valence-corrected chi connectivity index (χ1v) is 8.10. The highest BCUT2D eigenvalue weighted by atomic mass is 35.5. The number of hydrogen-bond donors (Lipinski definition) is 1. The minimum Gasteiger partial charge on any atom is -0.378 e. The second-order valence-corrected chi connectivity index (χ2v) is 6.03. The summed E-state index contributed by atoms with van der Waals surface area (Å²) in [5.74, 6) is -0.0635. The molecule has 6 nitrogen and oxygen atoms in total. The van der Waals surface area contributed by atoms with E-state index >= 15 is 0 Å². The summed E-state index contributed by atoms with van der Waals surface area (Å²) >= 11 is 6.10. The molecule has 3 rings (SSSR count). The summed E-state index contributed by atoms with van der Waals surface area (Å²) in [6, 6.07) is 3.71. The lowest BCUT2D eigenvalue weighted by atomic mass is 10.1. The van der Waals surface area contributed by atoms with Crippen molar-refractivity contribution in [1.82, 2.24) is 19.7 Å². The fourth-order valence-electron chi connectivity index (χ4n) is 2.29. The molecule has 3 heterocycles. The molecule has 0 spiro atoms. The molecular formula is C17H13ClF3N5O. The Morgan fingerprint density at radius 2 is 1.96 bits per heavy atom. The van der Waals surface area contributed by atoms with Crippen LogP contribution in [0.15, 0.2) is 47.8 Å². The lowest BCUT2D eigenvalue weighted by Crippen LogP contribution is -2.23. The second-order valence-electron chi connectivity index (χ2n) is 5.65. The molecule has 0 saturated heterocycles. The maximum Gasteiger partial charge on any atom is 0.417 e. The summed E-state index contributed by atoms with van der Waals surface area (Å²) in [7, 11) is 0. The molecule has 0 aliphatic rings. The highest BCUT2D eigenvalue weighted by Crippen LogP contribution is 2.28. The predicted molar refractivity (Wildman–Crippen MR) is 93.9 cm³/mol. The third kappa shape index (κ3) is 4.08. The van der Waals surface area contributed by atoms with E-state index in [1.54, 1.807) is 12.4 Å². The first-order chi connectivity index (χ1) is 12.8. The number of pyridine rings is 2. The van der Waals surface area contributed by atoms with Gasteiger partial charge in [0.05, 0.1) is 17.4 Å². The minimum atomic E-state index is -4.51. The molecule has 0 amide bonds. The number of aromatic nitrogens is 4. The van der Waals surface area contributed by atoms with Crippen molar-refractivity contribution in [2.24, 2.45) is 0 Å². The Hall–Kier alpha value is -2.94. The third-order valence-electron chi connectivity index (χ3n) is 3.82. The molecule has 140 valence electrons. The fourth-order valence-corrected chi connectivity index (χ4v) is 2.48. The van der Waals surface area contributed by atoms with E-state index in [1.165, 1.54) is 6.20 Å². The van der Waals surface area contributed by atoms with Gasteiger partial charge in [-0.2, -0.15) is 23.0 Å². The number of nitrogens with one attached hydrogen (secondary N) is 1. The number of hydrogen-bond acceptors (Lipinski definition) is 5. The molecule has 0 bridgehead atoms. The van der Waals surface area contributed by atoms with Crippen LogP contribution < -0.4 is 10.9 Å². The molecule has 0 aromatic carbocycles. The van der Waals surface area contributed by atoms with Crippen molar-refractivity contribution < 1.29 is 13.2 Å². The summed E-state index contributed by atoms with van der Waals surface area (Å²) in [5, 5.41) is 6.81. The Labute approximate surface area is 156 Å². The maximum atomic E-state index is 12.6. The normalized spacial score (nSPS) is 11.4. The van der Waals surface area contributed by atoms with Crippen LogP contribution in [-0.2, 0) is 12.7 Å². The predicted octanol–water partition coefficient (Wildman–Crippen LogP) is 3.62. The lowest BCUT2D eigenvalue weighted by Gasteiger charge is -2.11. The van der Waals surface area contributed by atoms with Gasteiger partial charge in [-0.3, -0.25) is 9.78 Å². The molecule has 0 unspecified atom stereocenters. The first kappa shape index (κ1) is 18.8. The van der Waals surface area contributed by atoms with Crippen LogP contribution in [0.2, 0.25) is 5.02 Å². The van der Waals surface area contributed by atoms with Crippen LogP contribution in [0.25, 0.3) is 5.82 Å². The number of anilines is 1. The van der Waals surface area contributed by atoms with Crippen LogP contribution in [0.3, 0.4) is 0 Å². The minimum absolute atomic E-state index is 0.0635. The van der Waals surface area contributed by atoms with E-state index in [-0.39, 0.29) is 10.8 Å². The Morgan fingerprint density at radius 3 is 2.59 bits per heavy atom. The smallest absolute Gasteiger partial charge is 0.378 e. The average molecular weight is 396 g/mol. The SMILES string of the molecule is Cc1cnccc1CNc1cnn(-c2ccc(C(F)(F)F)cn2)c(=O)c1Cl. The van der Waals surface area contributed by atoms with Gasteiger partial charge in [0.1, 0.15) is 5.02 Å². The monoisotopic (exact) mass is 395 g/mol. The molecule has 0 fully saturated rings. The summed E-state index contributed by atoms with van der Waals surface area (Å²) in [6.07, 6.45) is 0.805. The van der Waals surface area contributed by atoms with Crippen LogP contribution in [0.4, 0.5) is 18.9 Å². The van der Waals surface area contributed by atoms with Gasteiger partial charge in [-0.25, -0.2) is 4.98 Å². The van der Waals surface area contributed by atoms with E-state index in [2.05, 4.69) is 20.4 Å². The van der Waals surface area contributed by atoms with Crippen LogP contribution in [0.5, 0.6) is 0 Å². The molecule has 1 N–H and O–H groups in total. The van der Waals surface area contributed by atoms with Crippen molar-refractivity contribution in [3.63, 3.8) is 0 Å². The molecule has 10 heteroatoms. The van der Waals surface area contributed by atoms with E-state index in [4.69, 9.17) is 11.6 Å². The Balaban J connectivity index is 1.85. The quantitative estimate of drug-likeness (QED) is 0.730. The van der Waals surface area contributed by atoms with Crippen LogP contribution >= 0.6 is 11.6 Å². The zero-order valence-electron chi connectivity index (χ0n) is 14.0. The largest absolute Gasteiger partial charge is 0.417 e. The first-order valence-electron chi connectivity index (χ1n) is 7.72. The fraction of sp³-hybridized carbons (Fsp3) is 0.176. The van der Waals surface area contributed by atoms with Crippen LogP contribution in [-0.4, -0.2) is 19.7 Å². The van der Waals surface area contributed by atoms with Gasteiger partial charge in [-0.1, -0.05) is 11.6 Å². The van der Waals surface area contributed by atoms with Crippen molar-refractivity contribution in [1.29, 1.82) is 0 Å². The topological polar surface area (TPSA) is 72.7 Å². The highest BCUT2D eigenvalue weighted by Gasteiger charge is 2.30. The molecule has 0 saturated carbocycles. The van der Waals surface area contributed by atoms with E-state index in [0.29, 0.717) is 18.4 Å². The summed E-state index contributed by atoms with van der Waals surface area (Å²) < 4.78 is 38.7. The number of alkyl halides is 3. The average Bonchev–Trinajstić information content (AvgIpc) is 2.63. The molecule has 0 aliphatic carbocycles. The zero-order chi connectivity index (χ0) is 19.6. The van der Waals surface area contributed by atoms with Gasteiger partial charge in [-0.15, -0.1) is 0 Å². The number of nitrogens with zero attached hydrogens (tertiary/aromatic N) is 4. The molecule has 27 heavy (non-hydrogen) atoms. The van der Waals surface area contributed by atoms with Gasteiger partial charge >= 0.3 is 6.18 Å². The number of aryl methyl sites for hydroxylation is 1. The Kier molecular flexibility index (Phi) is 5.13. The van der Waals surface area contributed by atoms with E-state index < -0.39 is 17.3 Å². The van der Waals surface area contributed by atoms with Crippen molar-refractivity contribution in [2.45, 2.75) is 19.6 Å². The van der Waals surface area contributed by atoms with Crippen LogP contribution in [0.1, 0.15) is 16.7 Å². The van der Waals surface area contributed by atoms with Gasteiger partial charge < -0.3 is 5.32 Å². The summed E-state index contributed by atoms with van der Waals surface area (Å²) in [4.78, 5) is 20.1. The van der Waals surface area contributed by atoms with Crippen molar-refractivity contribution in [3.8, 4) is 5.82 Å². The van der Waals surface area contributed by atoms with Gasteiger partial charge in [0.25, 0.3) is 5.56 Å². The lowest BCUT2D eigenvalue weighted by molar-refractivity contribution is -0.137. The highest BCUT2D eigenvalue weighted by molar-refractivity contribution is 6.32. The summed E-state index contributed by atoms with van der Waals surface area (Å²) in [5.41, 5.74) is 0.629. The molecule has 3 aromatic rings. The number of halogens is 4. The molecule has 0 aliphatic heterocycles. The van der Waals surface area contributed by atoms with Crippen molar-refractivity contribution in [2.75, 3.05) is 5.32 Å². The molecule has 0 atom stereocenters. The van der Waals surface area contributed by atoms with Crippen molar-refractivity contribution in [3.05, 3.63) is 75.1 Å². The summed E-state index contributed by atoms with van der Waals surface area (Å²) in [6.45, 7) is 2.30. The van der Waals surface area contributed by atoms with Crippen molar-refractivity contribution >= 4 is 17.3 Å². The standard InChI is InChI=1S/C17H13ClF3N5O/c1-10-6-22-5-4-11(10)7-23-13-9-25-26(16(27)15(13)18)14-3-2-12(8-24-14)17(19,20)21/h2-6,8-9,23H,7H2,1H3. The third-order valence-corrected chi connectivity index (χ3v) is 4.18. The Morgan fingerprint density at radius 1 is 1.19 bits per heavy atom. The van der Waals surface area contributed by atoms with E-state index in [0.717, 1.165) is 27.9 Å². The van der Waals surface area contributed by atoms with Gasteiger partial charge in [0, 0.05) is 25.1 Å². The Bertz CT molecular complexity index is 1020.